The predicted octanol–water partition coefficient (Wildman–Crippen LogP) is 2.77. The van der Waals surface area contributed by atoms with Crippen LogP contribution in [0.2, 0.25) is 0 Å². The summed E-state index contributed by atoms with van der Waals surface area (Å²) in [5.74, 6) is 0. The summed E-state index contributed by atoms with van der Waals surface area (Å²) in [5.41, 5.74) is 2.61. The van der Waals surface area contributed by atoms with Gasteiger partial charge in [-0.2, -0.15) is 5.10 Å². The zero-order valence-electron chi connectivity index (χ0n) is 11.7. The molecule has 0 saturated heterocycles. The monoisotopic (exact) mass is 235 g/mol. The van der Waals surface area contributed by atoms with Crippen LogP contribution in [0.3, 0.4) is 0 Å². The highest BCUT2D eigenvalue weighted by molar-refractivity contribution is 5.23. The van der Waals surface area contributed by atoms with Gasteiger partial charge in [-0.25, -0.2) is 0 Å². The Morgan fingerprint density at radius 1 is 1.41 bits per heavy atom. The van der Waals surface area contributed by atoms with Crippen molar-refractivity contribution in [3.8, 4) is 0 Å². The van der Waals surface area contributed by atoms with Gasteiger partial charge in [0.25, 0.3) is 0 Å². The maximum absolute atomic E-state index is 4.56. The third-order valence-electron chi connectivity index (χ3n) is 2.65. The van der Waals surface area contributed by atoms with Crippen molar-refractivity contribution in [3.05, 3.63) is 29.6 Å². The Kier molecular flexibility index (Phi) is 4.94. The smallest absolute Gasteiger partial charge is 0.0722 e. The fraction of sp³-hybridized carbons (Fsp3) is 0.643. The molecular weight excluding hydrogens is 210 g/mol. The summed E-state index contributed by atoms with van der Waals surface area (Å²) in [4.78, 5) is 0. The molecular formula is C14H25N3. The Hall–Kier alpha value is -1.09. The van der Waals surface area contributed by atoms with Gasteiger partial charge in [0.2, 0.25) is 0 Å². The first-order chi connectivity index (χ1) is 7.95. The Morgan fingerprint density at radius 2 is 2.12 bits per heavy atom. The van der Waals surface area contributed by atoms with Gasteiger partial charge in [-0.15, -0.1) is 0 Å². The summed E-state index contributed by atoms with van der Waals surface area (Å²) in [6.07, 6.45) is 7.47. The van der Waals surface area contributed by atoms with Gasteiger partial charge in [-0.3, -0.25) is 4.68 Å². The van der Waals surface area contributed by atoms with Gasteiger partial charge in [0.1, 0.15) is 0 Å². The highest BCUT2D eigenvalue weighted by atomic mass is 15.3. The van der Waals surface area contributed by atoms with Crippen LogP contribution in [0.4, 0.5) is 0 Å². The van der Waals surface area contributed by atoms with Crippen LogP contribution in [0, 0.1) is 0 Å². The summed E-state index contributed by atoms with van der Waals surface area (Å²) in [6, 6.07) is 0. The molecule has 96 valence electrons. The first-order valence-electron chi connectivity index (χ1n) is 6.30. The molecule has 0 bridgehead atoms. The maximum Gasteiger partial charge on any atom is 0.0722 e. The molecule has 0 amide bonds. The minimum absolute atomic E-state index is 0.113. The predicted molar refractivity (Wildman–Crippen MR) is 73.0 cm³/mol. The third kappa shape index (κ3) is 4.35. The highest BCUT2D eigenvalue weighted by Crippen LogP contribution is 2.23. The van der Waals surface area contributed by atoms with Crippen LogP contribution in [-0.4, -0.2) is 16.3 Å². The number of rotatable bonds is 5. The van der Waals surface area contributed by atoms with Crippen molar-refractivity contribution in [2.75, 3.05) is 6.54 Å². The Morgan fingerprint density at radius 3 is 2.71 bits per heavy atom. The number of nitrogens with zero attached hydrogens (tertiary/aromatic N) is 2. The van der Waals surface area contributed by atoms with Crippen LogP contribution in [0.25, 0.3) is 0 Å². The van der Waals surface area contributed by atoms with Crippen molar-refractivity contribution in [1.82, 2.24) is 15.1 Å². The van der Waals surface area contributed by atoms with Crippen LogP contribution in [0.5, 0.6) is 0 Å². The lowest BCUT2D eigenvalue weighted by Gasteiger charge is -2.17. The summed E-state index contributed by atoms with van der Waals surface area (Å²) >= 11 is 0. The molecule has 1 aromatic heterocycles. The molecule has 3 nitrogen and oxygen atoms in total. The quantitative estimate of drug-likeness (QED) is 0.628. The van der Waals surface area contributed by atoms with E-state index in [1.54, 1.807) is 0 Å². The Balaban J connectivity index is 2.58. The molecule has 1 aromatic rings. The molecule has 0 unspecified atom stereocenters. The molecule has 1 heterocycles. The van der Waals surface area contributed by atoms with Gasteiger partial charge in [-0.1, -0.05) is 32.9 Å². The summed E-state index contributed by atoms with van der Waals surface area (Å²) < 4.78 is 1.91. The van der Waals surface area contributed by atoms with E-state index in [2.05, 4.69) is 56.5 Å². The number of hydrogen-bond donors (Lipinski definition) is 1. The van der Waals surface area contributed by atoms with Crippen LogP contribution < -0.4 is 5.32 Å². The van der Waals surface area contributed by atoms with Crippen molar-refractivity contribution < 1.29 is 0 Å². The lowest BCUT2D eigenvalue weighted by atomic mass is 9.89. The van der Waals surface area contributed by atoms with E-state index in [9.17, 15) is 0 Å². The molecule has 0 fully saturated rings. The second kappa shape index (κ2) is 6.01. The number of aromatic nitrogens is 2. The molecule has 0 aliphatic rings. The highest BCUT2D eigenvalue weighted by Gasteiger charge is 2.21. The maximum atomic E-state index is 4.56. The fourth-order valence-corrected chi connectivity index (χ4v) is 1.87. The third-order valence-corrected chi connectivity index (χ3v) is 2.65. The van der Waals surface area contributed by atoms with Crippen LogP contribution in [-0.2, 0) is 19.0 Å². The molecule has 3 heteroatoms. The molecule has 17 heavy (non-hydrogen) atoms. The second-order valence-corrected chi connectivity index (χ2v) is 5.46. The lowest BCUT2D eigenvalue weighted by molar-refractivity contribution is 0.544. The Labute approximate surface area is 105 Å². The first-order valence-corrected chi connectivity index (χ1v) is 6.30. The average molecular weight is 235 g/mol. The van der Waals surface area contributed by atoms with Crippen LogP contribution >= 0.6 is 0 Å². The standard InChI is InChI=1S/C14H25N3/c1-6-7-8-9-15-10-12-11-17(5)16-13(12)14(2,3)4/h6-7,11,15H,8-10H2,1-5H3/b7-6+. The van der Waals surface area contributed by atoms with Gasteiger partial charge in [-0.05, 0) is 19.9 Å². The number of nitrogens with one attached hydrogen (secondary N) is 1. The topological polar surface area (TPSA) is 29.9 Å². The zero-order chi connectivity index (χ0) is 12.9. The number of aryl methyl sites for hydroxylation is 1. The summed E-state index contributed by atoms with van der Waals surface area (Å²) in [6.45, 7) is 10.6. The van der Waals surface area contributed by atoms with E-state index in [0.717, 1.165) is 19.5 Å². The SMILES string of the molecule is C/C=C/CCNCc1cn(C)nc1C(C)(C)C. The molecule has 0 atom stereocenters. The van der Waals surface area contributed by atoms with Crippen LogP contribution in [0.15, 0.2) is 18.3 Å². The molecule has 1 rings (SSSR count). The summed E-state index contributed by atoms with van der Waals surface area (Å²) in [7, 11) is 1.98. The van der Waals surface area contributed by atoms with Gasteiger partial charge in [0, 0.05) is 30.8 Å². The molecule has 0 spiro atoms. The molecule has 0 aromatic carbocycles. The first kappa shape index (κ1) is 14.0. The van der Waals surface area contributed by atoms with Crippen molar-refractivity contribution >= 4 is 0 Å². The van der Waals surface area contributed by atoms with E-state index in [4.69, 9.17) is 0 Å². The lowest BCUT2D eigenvalue weighted by Crippen LogP contribution is -2.19. The van der Waals surface area contributed by atoms with Crippen molar-refractivity contribution in [2.45, 2.75) is 46.1 Å². The second-order valence-electron chi connectivity index (χ2n) is 5.46. The molecule has 0 radical (unpaired) electrons. The molecule has 0 saturated carbocycles. The van der Waals surface area contributed by atoms with Gasteiger partial charge < -0.3 is 5.32 Å². The molecule has 0 aliphatic carbocycles. The van der Waals surface area contributed by atoms with E-state index in [-0.39, 0.29) is 5.41 Å². The minimum Gasteiger partial charge on any atom is -0.312 e. The van der Waals surface area contributed by atoms with E-state index in [1.807, 2.05) is 11.7 Å². The largest absolute Gasteiger partial charge is 0.312 e. The van der Waals surface area contributed by atoms with Gasteiger partial charge in [0.05, 0.1) is 5.69 Å². The molecule has 1 N–H and O–H groups in total. The molecule has 0 aliphatic heterocycles. The minimum atomic E-state index is 0.113. The van der Waals surface area contributed by atoms with E-state index in [1.165, 1.54) is 11.3 Å². The van der Waals surface area contributed by atoms with Crippen molar-refractivity contribution in [1.29, 1.82) is 0 Å². The van der Waals surface area contributed by atoms with Gasteiger partial charge >= 0.3 is 0 Å². The van der Waals surface area contributed by atoms with E-state index >= 15 is 0 Å². The number of allylic oxidation sites excluding steroid dienone is 1. The fourth-order valence-electron chi connectivity index (χ4n) is 1.87. The van der Waals surface area contributed by atoms with E-state index < -0.39 is 0 Å². The van der Waals surface area contributed by atoms with Crippen molar-refractivity contribution in [2.24, 2.45) is 7.05 Å². The van der Waals surface area contributed by atoms with E-state index in [0.29, 0.717) is 0 Å². The zero-order valence-corrected chi connectivity index (χ0v) is 11.7. The normalized spacial score (nSPS) is 12.5. The number of hydrogen-bond acceptors (Lipinski definition) is 2. The summed E-state index contributed by atoms with van der Waals surface area (Å²) in [5, 5.41) is 8.02. The average Bonchev–Trinajstić information content (AvgIpc) is 2.59. The van der Waals surface area contributed by atoms with Crippen molar-refractivity contribution in [3.63, 3.8) is 0 Å². The van der Waals surface area contributed by atoms with Gasteiger partial charge in [0.15, 0.2) is 0 Å². The Bertz CT molecular complexity index is 369. The van der Waals surface area contributed by atoms with Crippen LogP contribution in [0.1, 0.15) is 45.4 Å².